The molecule has 0 aliphatic carbocycles. The summed E-state index contributed by atoms with van der Waals surface area (Å²) in [6.45, 7) is 8.58. The second kappa shape index (κ2) is 5.17. The van der Waals surface area contributed by atoms with Gasteiger partial charge in [0.1, 0.15) is 0 Å². The van der Waals surface area contributed by atoms with Gasteiger partial charge < -0.3 is 9.80 Å². The SMILES string of the molecule is CC(C)C(=O)N1CCC[C@@H]1CN1CCCC1. The van der Waals surface area contributed by atoms with Crippen molar-refractivity contribution in [2.45, 2.75) is 45.6 Å². The molecule has 0 saturated carbocycles. The summed E-state index contributed by atoms with van der Waals surface area (Å²) in [7, 11) is 0. The van der Waals surface area contributed by atoms with Crippen LogP contribution in [0.4, 0.5) is 0 Å². The van der Waals surface area contributed by atoms with E-state index < -0.39 is 0 Å². The molecule has 0 spiro atoms. The van der Waals surface area contributed by atoms with Crippen LogP contribution in [0.25, 0.3) is 0 Å². The molecule has 16 heavy (non-hydrogen) atoms. The van der Waals surface area contributed by atoms with E-state index in [9.17, 15) is 4.79 Å². The fraction of sp³-hybridized carbons (Fsp3) is 0.923. The molecule has 0 aromatic rings. The molecule has 3 heteroatoms. The molecular weight excluding hydrogens is 200 g/mol. The van der Waals surface area contributed by atoms with Crippen molar-refractivity contribution >= 4 is 5.91 Å². The Hall–Kier alpha value is -0.570. The largest absolute Gasteiger partial charge is 0.338 e. The maximum atomic E-state index is 12.0. The average molecular weight is 224 g/mol. The van der Waals surface area contributed by atoms with Gasteiger partial charge in [-0.05, 0) is 38.8 Å². The number of nitrogens with zero attached hydrogens (tertiary/aromatic N) is 2. The number of hydrogen-bond acceptors (Lipinski definition) is 2. The second-order valence-corrected chi connectivity index (χ2v) is 5.49. The van der Waals surface area contributed by atoms with Crippen LogP contribution in [-0.4, -0.2) is 47.9 Å². The molecule has 1 amide bonds. The lowest BCUT2D eigenvalue weighted by molar-refractivity contribution is -0.135. The van der Waals surface area contributed by atoms with E-state index in [-0.39, 0.29) is 5.92 Å². The lowest BCUT2D eigenvalue weighted by atomic mass is 10.1. The Balaban J connectivity index is 1.89. The third kappa shape index (κ3) is 2.57. The standard InChI is InChI=1S/C13H24N2O/c1-11(2)13(16)15-9-5-6-12(15)10-14-7-3-4-8-14/h11-12H,3-10H2,1-2H3/t12-/m1/s1. The van der Waals surface area contributed by atoms with Crippen LogP contribution in [-0.2, 0) is 4.79 Å². The van der Waals surface area contributed by atoms with Gasteiger partial charge in [-0.3, -0.25) is 4.79 Å². The van der Waals surface area contributed by atoms with Gasteiger partial charge in [0.15, 0.2) is 0 Å². The molecule has 0 N–H and O–H groups in total. The van der Waals surface area contributed by atoms with Gasteiger partial charge in [0.2, 0.25) is 5.91 Å². The molecule has 2 heterocycles. The van der Waals surface area contributed by atoms with E-state index in [1.54, 1.807) is 0 Å². The minimum absolute atomic E-state index is 0.152. The quantitative estimate of drug-likeness (QED) is 0.729. The first-order valence-electron chi connectivity index (χ1n) is 6.71. The highest BCUT2D eigenvalue weighted by molar-refractivity contribution is 5.78. The molecule has 2 fully saturated rings. The smallest absolute Gasteiger partial charge is 0.225 e. The fourth-order valence-electron chi connectivity index (χ4n) is 2.91. The number of hydrogen-bond donors (Lipinski definition) is 0. The van der Waals surface area contributed by atoms with Crippen LogP contribution in [0.1, 0.15) is 39.5 Å². The van der Waals surface area contributed by atoms with Crippen molar-refractivity contribution in [3.05, 3.63) is 0 Å². The van der Waals surface area contributed by atoms with E-state index in [2.05, 4.69) is 9.80 Å². The van der Waals surface area contributed by atoms with Gasteiger partial charge in [0.05, 0.1) is 0 Å². The molecular formula is C13H24N2O. The van der Waals surface area contributed by atoms with Crippen molar-refractivity contribution in [2.24, 2.45) is 5.92 Å². The first-order chi connectivity index (χ1) is 7.68. The first kappa shape index (κ1) is 11.9. The summed E-state index contributed by atoms with van der Waals surface area (Å²) in [5, 5.41) is 0. The van der Waals surface area contributed by atoms with Crippen LogP contribution in [0.3, 0.4) is 0 Å². The summed E-state index contributed by atoms with van der Waals surface area (Å²) in [5.74, 6) is 0.501. The number of likely N-dealkylation sites (tertiary alicyclic amines) is 2. The number of carbonyl (C=O) groups excluding carboxylic acids is 1. The molecule has 0 aromatic carbocycles. The molecule has 0 bridgehead atoms. The van der Waals surface area contributed by atoms with Gasteiger partial charge >= 0.3 is 0 Å². The normalized spacial score (nSPS) is 26.9. The summed E-state index contributed by atoms with van der Waals surface area (Å²) < 4.78 is 0. The van der Waals surface area contributed by atoms with Crippen molar-refractivity contribution < 1.29 is 4.79 Å². The predicted molar refractivity (Wildman–Crippen MR) is 65.2 cm³/mol. The van der Waals surface area contributed by atoms with E-state index in [4.69, 9.17) is 0 Å². The molecule has 3 nitrogen and oxygen atoms in total. The number of carbonyl (C=O) groups is 1. The van der Waals surface area contributed by atoms with E-state index in [0.717, 1.165) is 13.1 Å². The molecule has 2 aliphatic heterocycles. The summed E-state index contributed by atoms with van der Waals surface area (Å²) in [6.07, 6.45) is 5.07. The highest BCUT2D eigenvalue weighted by Crippen LogP contribution is 2.22. The van der Waals surface area contributed by atoms with Crippen LogP contribution >= 0.6 is 0 Å². The van der Waals surface area contributed by atoms with Crippen molar-refractivity contribution in [3.8, 4) is 0 Å². The summed E-state index contributed by atoms with van der Waals surface area (Å²) in [5.41, 5.74) is 0. The Morgan fingerprint density at radius 3 is 2.50 bits per heavy atom. The third-order valence-electron chi connectivity index (χ3n) is 3.82. The second-order valence-electron chi connectivity index (χ2n) is 5.49. The van der Waals surface area contributed by atoms with E-state index in [1.165, 1.54) is 38.8 Å². The average Bonchev–Trinajstić information content (AvgIpc) is 2.88. The highest BCUT2D eigenvalue weighted by atomic mass is 16.2. The van der Waals surface area contributed by atoms with Crippen molar-refractivity contribution in [3.63, 3.8) is 0 Å². The van der Waals surface area contributed by atoms with Gasteiger partial charge in [0, 0.05) is 25.0 Å². The van der Waals surface area contributed by atoms with Gasteiger partial charge in [-0.25, -0.2) is 0 Å². The van der Waals surface area contributed by atoms with Crippen molar-refractivity contribution in [1.29, 1.82) is 0 Å². The van der Waals surface area contributed by atoms with Crippen LogP contribution in [0.5, 0.6) is 0 Å². The van der Waals surface area contributed by atoms with Crippen LogP contribution in [0, 0.1) is 5.92 Å². The number of rotatable bonds is 3. The fourth-order valence-corrected chi connectivity index (χ4v) is 2.91. The Kier molecular flexibility index (Phi) is 3.85. The first-order valence-corrected chi connectivity index (χ1v) is 6.71. The molecule has 0 unspecified atom stereocenters. The van der Waals surface area contributed by atoms with Crippen molar-refractivity contribution in [1.82, 2.24) is 9.80 Å². The van der Waals surface area contributed by atoms with Crippen LogP contribution in [0.2, 0.25) is 0 Å². The number of amides is 1. The van der Waals surface area contributed by atoms with Gasteiger partial charge in [-0.15, -0.1) is 0 Å². The Bertz CT molecular complexity index is 246. The van der Waals surface area contributed by atoms with E-state index >= 15 is 0 Å². The third-order valence-corrected chi connectivity index (χ3v) is 3.82. The maximum Gasteiger partial charge on any atom is 0.225 e. The van der Waals surface area contributed by atoms with Crippen LogP contribution in [0.15, 0.2) is 0 Å². The molecule has 2 aliphatic rings. The lowest BCUT2D eigenvalue weighted by Gasteiger charge is -2.29. The predicted octanol–water partition coefficient (Wildman–Crippen LogP) is 1.73. The van der Waals surface area contributed by atoms with Crippen LogP contribution < -0.4 is 0 Å². The highest BCUT2D eigenvalue weighted by Gasteiger charge is 2.31. The molecule has 2 saturated heterocycles. The zero-order valence-corrected chi connectivity index (χ0v) is 10.6. The lowest BCUT2D eigenvalue weighted by Crippen LogP contribution is -2.44. The van der Waals surface area contributed by atoms with E-state index in [1.807, 2.05) is 13.8 Å². The Labute approximate surface area is 98.8 Å². The molecule has 0 radical (unpaired) electrons. The monoisotopic (exact) mass is 224 g/mol. The molecule has 1 atom stereocenters. The molecule has 92 valence electrons. The minimum Gasteiger partial charge on any atom is -0.338 e. The topological polar surface area (TPSA) is 23.6 Å². The van der Waals surface area contributed by atoms with Crippen molar-refractivity contribution in [2.75, 3.05) is 26.2 Å². The minimum atomic E-state index is 0.152. The maximum absolute atomic E-state index is 12.0. The summed E-state index contributed by atoms with van der Waals surface area (Å²) in [4.78, 5) is 16.7. The van der Waals surface area contributed by atoms with Gasteiger partial charge in [0.25, 0.3) is 0 Å². The zero-order valence-electron chi connectivity index (χ0n) is 10.6. The van der Waals surface area contributed by atoms with Gasteiger partial charge in [-0.2, -0.15) is 0 Å². The molecule has 2 rings (SSSR count). The summed E-state index contributed by atoms with van der Waals surface area (Å²) >= 11 is 0. The van der Waals surface area contributed by atoms with E-state index in [0.29, 0.717) is 11.9 Å². The Morgan fingerprint density at radius 1 is 1.19 bits per heavy atom. The van der Waals surface area contributed by atoms with Gasteiger partial charge in [-0.1, -0.05) is 13.8 Å². The summed E-state index contributed by atoms with van der Waals surface area (Å²) in [6, 6.07) is 0.494. The zero-order chi connectivity index (χ0) is 11.5. The molecule has 0 aromatic heterocycles. The Morgan fingerprint density at radius 2 is 1.88 bits per heavy atom.